The van der Waals surface area contributed by atoms with Crippen LogP contribution in [0.2, 0.25) is 0 Å². The first-order valence-corrected chi connectivity index (χ1v) is 5.21. The SMILES string of the molecule is CN(CC(C)(C)O)C(=O)C1=CCCCO1. The van der Waals surface area contributed by atoms with E-state index in [1.165, 1.54) is 4.90 Å². The van der Waals surface area contributed by atoms with Gasteiger partial charge in [0.1, 0.15) is 0 Å². The second kappa shape index (κ2) is 4.66. The van der Waals surface area contributed by atoms with Crippen LogP contribution in [0.4, 0.5) is 0 Å². The van der Waals surface area contributed by atoms with Crippen molar-refractivity contribution >= 4 is 5.91 Å². The summed E-state index contributed by atoms with van der Waals surface area (Å²) in [5.41, 5.74) is -0.875. The number of carbonyl (C=O) groups is 1. The Hall–Kier alpha value is -1.03. The van der Waals surface area contributed by atoms with E-state index in [-0.39, 0.29) is 5.91 Å². The summed E-state index contributed by atoms with van der Waals surface area (Å²) in [4.78, 5) is 13.3. The average Bonchev–Trinajstić information content (AvgIpc) is 2.15. The van der Waals surface area contributed by atoms with Gasteiger partial charge in [-0.2, -0.15) is 0 Å². The molecule has 0 aliphatic carbocycles. The lowest BCUT2D eigenvalue weighted by Crippen LogP contribution is -2.40. The Balaban J connectivity index is 2.56. The van der Waals surface area contributed by atoms with E-state index in [0.29, 0.717) is 18.9 Å². The Morgan fingerprint density at radius 3 is 2.80 bits per heavy atom. The fraction of sp³-hybridized carbons (Fsp3) is 0.727. The molecule has 0 saturated carbocycles. The first kappa shape index (κ1) is 12.0. The van der Waals surface area contributed by atoms with Gasteiger partial charge in [-0.15, -0.1) is 0 Å². The van der Waals surface area contributed by atoms with Crippen molar-refractivity contribution in [2.75, 3.05) is 20.2 Å². The smallest absolute Gasteiger partial charge is 0.288 e. The lowest BCUT2D eigenvalue weighted by atomic mass is 10.1. The summed E-state index contributed by atoms with van der Waals surface area (Å²) in [5, 5.41) is 9.58. The van der Waals surface area contributed by atoms with Gasteiger partial charge in [0.2, 0.25) is 0 Å². The van der Waals surface area contributed by atoms with Gasteiger partial charge in [0.25, 0.3) is 5.91 Å². The van der Waals surface area contributed by atoms with Gasteiger partial charge in [-0.05, 0) is 32.8 Å². The van der Waals surface area contributed by atoms with Crippen LogP contribution in [0.15, 0.2) is 11.8 Å². The van der Waals surface area contributed by atoms with Crippen molar-refractivity contribution in [3.8, 4) is 0 Å². The van der Waals surface area contributed by atoms with Crippen LogP contribution < -0.4 is 0 Å². The molecule has 0 saturated heterocycles. The number of aliphatic hydroxyl groups is 1. The van der Waals surface area contributed by atoms with Crippen molar-refractivity contribution in [3.63, 3.8) is 0 Å². The molecule has 1 aliphatic rings. The van der Waals surface area contributed by atoms with Gasteiger partial charge in [0.15, 0.2) is 5.76 Å². The molecule has 0 spiro atoms. The highest BCUT2D eigenvalue weighted by molar-refractivity contribution is 5.91. The molecule has 0 aromatic heterocycles. The quantitative estimate of drug-likeness (QED) is 0.758. The summed E-state index contributed by atoms with van der Waals surface area (Å²) < 4.78 is 5.26. The van der Waals surface area contributed by atoms with Gasteiger partial charge in [-0.3, -0.25) is 4.79 Å². The maximum Gasteiger partial charge on any atom is 0.288 e. The highest BCUT2D eigenvalue weighted by Crippen LogP contribution is 2.13. The topological polar surface area (TPSA) is 49.8 Å². The molecule has 15 heavy (non-hydrogen) atoms. The lowest BCUT2D eigenvalue weighted by molar-refractivity contribution is -0.132. The van der Waals surface area contributed by atoms with Crippen molar-refractivity contribution in [2.45, 2.75) is 32.3 Å². The molecule has 4 heteroatoms. The van der Waals surface area contributed by atoms with Crippen molar-refractivity contribution < 1.29 is 14.6 Å². The monoisotopic (exact) mass is 213 g/mol. The van der Waals surface area contributed by atoms with E-state index in [1.807, 2.05) is 6.08 Å². The third-order valence-electron chi connectivity index (χ3n) is 2.12. The molecule has 1 amide bonds. The Bertz CT molecular complexity index is 265. The van der Waals surface area contributed by atoms with Crippen LogP contribution >= 0.6 is 0 Å². The minimum atomic E-state index is -0.875. The van der Waals surface area contributed by atoms with Gasteiger partial charge in [0.05, 0.1) is 12.2 Å². The fourth-order valence-corrected chi connectivity index (χ4v) is 1.55. The first-order valence-electron chi connectivity index (χ1n) is 5.21. The number of allylic oxidation sites excluding steroid dienone is 1. The molecular formula is C11H19NO3. The minimum Gasteiger partial charge on any atom is -0.488 e. The number of carbonyl (C=O) groups excluding carboxylic acids is 1. The third kappa shape index (κ3) is 3.91. The zero-order valence-electron chi connectivity index (χ0n) is 9.62. The Morgan fingerprint density at radius 2 is 2.33 bits per heavy atom. The predicted molar refractivity (Wildman–Crippen MR) is 57.2 cm³/mol. The lowest BCUT2D eigenvalue weighted by Gasteiger charge is -2.27. The zero-order chi connectivity index (χ0) is 11.5. The van der Waals surface area contributed by atoms with E-state index in [4.69, 9.17) is 4.74 Å². The van der Waals surface area contributed by atoms with E-state index < -0.39 is 5.60 Å². The van der Waals surface area contributed by atoms with E-state index >= 15 is 0 Å². The molecule has 0 atom stereocenters. The number of nitrogens with zero attached hydrogens (tertiary/aromatic N) is 1. The summed E-state index contributed by atoms with van der Waals surface area (Å²) in [5.74, 6) is 0.254. The van der Waals surface area contributed by atoms with Crippen LogP contribution in [0, 0.1) is 0 Å². The van der Waals surface area contributed by atoms with Crippen LogP contribution in [0.25, 0.3) is 0 Å². The molecule has 4 nitrogen and oxygen atoms in total. The largest absolute Gasteiger partial charge is 0.488 e. The Labute approximate surface area is 90.5 Å². The fourth-order valence-electron chi connectivity index (χ4n) is 1.55. The zero-order valence-corrected chi connectivity index (χ0v) is 9.62. The summed E-state index contributed by atoms with van der Waals surface area (Å²) in [6.07, 6.45) is 3.66. The highest BCUT2D eigenvalue weighted by Gasteiger charge is 2.23. The molecule has 1 aliphatic heterocycles. The molecule has 0 aromatic rings. The number of rotatable bonds is 3. The second-order valence-corrected chi connectivity index (χ2v) is 4.53. The van der Waals surface area contributed by atoms with Crippen LogP contribution in [-0.4, -0.2) is 41.7 Å². The number of likely N-dealkylation sites (N-methyl/N-ethyl adjacent to an activating group) is 1. The van der Waals surface area contributed by atoms with Gasteiger partial charge in [-0.1, -0.05) is 0 Å². The molecule has 1 N–H and O–H groups in total. The van der Waals surface area contributed by atoms with Crippen LogP contribution in [0.3, 0.4) is 0 Å². The van der Waals surface area contributed by atoms with E-state index in [2.05, 4.69) is 0 Å². The van der Waals surface area contributed by atoms with Crippen LogP contribution in [0.1, 0.15) is 26.7 Å². The van der Waals surface area contributed by atoms with Gasteiger partial charge in [0, 0.05) is 13.6 Å². The van der Waals surface area contributed by atoms with Crippen molar-refractivity contribution in [1.82, 2.24) is 4.90 Å². The van der Waals surface area contributed by atoms with Crippen molar-refractivity contribution in [2.24, 2.45) is 0 Å². The Kier molecular flexibility index (Phi) is 3.74. The van der Waals surface area contributed by atoms with E-state index in [1.54, 1.807) is 20.9 Å². The van der Waals surface area contributed by atoms with Gasteiger partial charge in [-0.25, -0.2) is 0 Å². The second-order valence-electron chi connectivity index (χ2n) is 4.53. The highest BCUT2D eigenvalue weighted by atomic mass is 16.5. The molecule has 0 unspecified atom stereocenters. The van der Waals surface area contributed by atoms with Crippen molar-refractivity contribution in [3.05, 3.63) is 11.8 Å². The van der Waals surface area contributed by atoms with E-state index in [9.17, 15) is 9.90 Å². The molecule has 0 radical (unpaired) electrons. The predicted octanol–water partition coefficient (Wildman–Crippen LogP) is 0.910. The summed E-state index contributed by atoms with van der Waals surface area (Å²) in [6.45, 7) is 4.25. The van der Waals surface area contributed by atoms with E-state index in [0.717, 1.165) is 12.8 Å². The normalized spacial score (nSPS) is 16.7. The Morgan fingerprint density at radius 1 is 1.67 bits per heavy atom. The number of hydrogen-bond acceptors (Lipinski definition) is 3. The molecular weight excluding hydrogens is 194 g/mol. The van der Waals surface area contributed by atoms with Gasteiger partial charge < -0.3 is 14.7 Å². The first-order chi connectivity index (χ1) is 6.90. The van der Waals surface area contributed by atoms with Gasteiger partial charge >= 0.3 is 0 Å². The van der Waals surface area contributed by atoms with Crippen molar-refractivity contribution in [1.29, 1.82) is 0 Å². The maximum absolute atomic E-state index is 11.8. The maximum atomic E-state index is 11.8. The van der Waals surface area contributed by atoms with Crippen LogP contribution in [-0.2, 0) is 9.53 Å². The summed E-state index contributed by atoms with van der Waals surface area (Å²) >= 11 is 0. The standard InChI is InChI=1S/C11H19NO3/c1-11(2,14)8-12(3)10(13)9-6-4-5-7-15-9/h6,14H,4-5,7-8H2,1-3H3. The number of hydrogen-bond donors (Lipinski definition) is 1. The number of amides is 1. The minimum absolute atomic E-state index is 0.156. The average molecular weight is 213 g/mol. The molecule has 0 aromatic carbocycles. The summed E-state index contributed by atoms with van der Waals surface area (Å²) in [6, 6.07) is 0. The molecule has 1 rings (SSSR count). The molecule has 86 valence electrons. The third-order valence-corrected chi connectivity index (χ3v) is 2.12. The molecule has 1 heterocycles. The molecule has 0 bridgehead atoms. The molecule has 0 fully saturated rings. The summed E-state index contributed by atoms with van der Waals surface area (Å²) in [7, 11) is 1.67. The number of ether oxygens (including phenoxy) is 1. The van der Waals surface area contributed by atoms with Crippen LogP contribution in [0.5, 0.6) is 0 Å².